The van der Waals surface area contributed by atoms with Gasteiger partial charge in [0, 0.05) is 47.4 Å². The number of halogens is 3. The molecule has 2 N–H and O–H groups in total. The lowest BCUT2D eigenvalue weighted by atomic mass is 10.1. The maximum absolute atomic E-state index is 13.7. The number of nitrogens with zero attached hydrogens (tertiary/aromatic N) is 1. The predicted octanol–water partition coefficient (Wildman–Crippen LogP) is 7.34. The Hall–Kier alpha value is -4.53. The van der Waals surface area contributed by atoms with Gasteiger partial charge in [0.05, 0.1) is 5.56 Å². The van der Waals surface area contributed by atoms with E-state index in [2.05, 4.69) is 15.2 Å². The maximum Gasteiger partial charge on any atom is 0.417 e. The largest absolute Gasteiger partial charge is 0.489 e. The number of aromatic nitrogens is 1. The molecule has 1 aliphatic heterocycles. The zero-order valence-corrected chi connectivity index (χ0v) is 23.2. The van der Waals surface area contributed by atoms with Crippen LogP contribution in [0.25, 0.3) is 17.0 Å². The summed E-state index contributed by atoms with van der Waals surface area (Å²) in [4.78, 5) is 28.8. The van der Waals surface area contributed by atoms with Crippen LogP contribution >= 0.6 is 0 Å². The number of ether oxygens (including phenoxy) is 1. The Balaban J connectivity index is 0.00000423. The summed E-state index contributed by atoms with van der Waals surface area (Å²) in [6.45, 7) is 2.95. The van der Waals surface area contributed by atoms with Gasteiger partial charge in [-0.2, -0.15) is 13.2 Å². The van der Waals surface area contributed by atoms with Crippen molar-refractivity contribution in [2.24, 2.45) is 0 Å². The summed E-state index contributed by atoms with van der Waals surface area (Å²) in [5.74, 6) is 0.520. The number of anilines is 1. The van der Waals surface area contributed by atoms with Gasteiger partial charge < -0.3 is 19.9 Å². The number of hydrogen-bond acceptors (Lipinski definition) is 4. The van der Waals surface area contributed by atoms with Crippen molar-refractivity contribution in [2.45, 2.75) is 58.5 Å². The summed E-state index contributed by atoms with van der Waals surface area (Å²) in [7, 11) is 0. The summed E-state index contributed by atoms with van der Waals surface area (Å²) < 4.78 is 46.8. The van der Waals surface area contributed by atoms with Crippen LogP contribution in [0.3, 0.4) is 0 Å². The van der Waals surface area contributed by atoms with Gasteiger partial charge in [-0.1, -0.05) is 49.9 Å². The SMILES string of the molecule is C.C[C@@H]1CC[C@H](CCNC(=O)/C=C/c2ccc(OCc3ccccc3)cc2)N1c1ccc2[nH]c(=O)cc(C(F)(F)F)c2c1. The highest BCUT2D eigenvalue weighted by Crippen LogP contribution is 2.37. The van der Waals surface area contributed by atoms with Gasteiger partial charge in [-0.15, -0.1) is 0 Å². The highest BCUT2D eigenvalue weighted by molar-refractivity contribution is 5.91. The number of alkyl halides is 3. The van der Waals surface area contributed by atoms with E-state index in [1.807, 2.05) is 61.5 Å². The molecule has 0 radical (unpaired) electrons. The number of hydrogen-bond donors (Lipinski definition) is 2. The number of carbonyl (C=O) groups is 1. The zero-order chi connectivity index (χ0) is 29.7. The first-order chi connectivity index (χ1) is 20.2. The number of rotatable bonds is 9. The molecular formula is C34H36F3N3O3. The molecule has 1 aliphatic rings. The van der Waals surface area contributed by atoms with Gasteiger partial charge in [0.15, 0.2) is 0 Å². The topological polar surface area (TPSA) is 74.4 Å². The first-order valence-corrected chi connectivity index (χ1v) is 13.9. The molecule has 1 fully saturated rings. The molecule has 9 heteroatoms. The first-order valence-electron chi connectivity index (χ1n) is 13.9. The Kier molecular flexibility index (Phi) is 9.95. The lowest BCUT2D eigenvalue weighted by Crippen LogP contribution is -2.37. The van der Waals surface area contributed by atoms with E-state index in [1.165, 1.54) is 18.2 Å². The van der Waals surface area contributed by atoms with E-state index >= 15 is 0 Å². The second kappa shape index (κ2) is 13.6. The Morgan fingerprint density at radius 1 is 1.05 bits per heavy atom. The monoisotopic (exact) mass is 591 g/mol. The number of carbonyl (C=O) groups excluding carboxylic acids is 1. The molecule has 3 aromatic carbocycles. The third-order valence-electron chi connectivity index (χ3n) is 7.55. The first kappa shape index (κ1) is 31.4. The van der Waals surface area contributed by atoms with Crippen molar-refractivity contribution < 1.29 is 22.7 Å². The minimum Gasteiger partial charge on any atom is -0.489 e. The van der Waals surface area contributed by atoms with E-state index in [1.54, 1.807) is 12.1 Å². The summed E-state index contributed by atoms with van der Waals surface area (Å²) in [5, 5.41) is 2.88. The van der Waals surface area contributed by atoms with E-state index in [4.69, 9.17) is 4.74 Å². The van der Waals surface area contributed by atoms with Crippen molar-refractivity contribution in [1.29, 1.82) is 0 Å². The van der Waals surface area contributed by atoms with Crippen LogP contribution in [0.15, 0.2) is 89.7 Å². The van der Waals surface area contributed by atoms with Gasteiger partial charge in [0.25, 0.3) is 0 Å². The van der Waals surface area contributed by atoms with E-state index in [0.717, 1.165) is 29.7 Å². The van der Waals surface area contributed by atoms with Gasteiger partial charge in [-0.05, 0) is 73.7 Å². The van der Waals surface area contributed by atoms with Crippen molar-refractivity contribution in [3.05, 3.63) is 112 Å². The van der Waals surface area contributed by atoms with Crippen LogP contribution in [-0.2, 0) is 17.6 Å². The fourth-order valence-electron chi connectivity index (χ4n) is 5.47. The average molecular weight is 592 g/mol. The molecule has 4 aromatic rings. The molecule has 0 aliphatic carbocycles. The van der Waals surface area contributed by atoms with Gasteiger partial charge in [-0.3, -0.25) is 9.59 Å². The highest BCUT2D eigenvalue weighted by Gasteiger charge is 2.35. The van der Waals surface area contributed by atoms with Crippen LogP contribution in [0.1, 0.15) is 50.3 Å². The molecule has 0 saturated carbocycles. The lowest BCUT2D eigenvalue weighted by molar-refractivity contribution is -0.136. The highest BCUT2D eigenvalue weighted by atomic mass is 19.4. The molecule has 226 valence electrons. The number of fused-ring (bicyclic) bond motifs is 1. The Labute approximate surface area is 249 Å². The van der Waals surface area contributed by atoms with E-state index < -0.39 is 17.3 Å². The summed E-state index contributed by atoms with van der Waals surface area (Å²) in [5.41, 5.74) is 1.03. The molecule has 2 atom stereocenters. The van der Waals surface area contributed by atoms with Crippen LogP contribution in [0.4, 0.5) is 18.9 Å². The van der Waals surface area contributed by atoms with E-state index in [9.17, 15) is 22.8 Å². The number of benzene rings is 3. The third kappa shape index (κ3) is 7.85. The molecule has 1 saturated heterocycles. The minimum absolute atomic E-state index is 0. The molecule has 5 rings (SSSR count). The van der Waals surface area contributed by atoms with Gasteiger partial charge in [0.2, 0.25) is 11.5 Å². The van der Waals surface area contributed by atoms with Crippen molar-refractivity contribution in [1.82, 2.24) is 10.3 Å². The summed E-state index contributed by atoms with van der Waals surface area (Å²) in [6, 6.07) is 22.9. The molecule has 0 spiro atoms. The fourth-order valence-corrected chi connectivity index (χ4v) is 5.47. The van der Waals surface area contributed by atoms with Crippen LogP contribution in [0.2, 0.25) is 0 Å². The quantitative estimate of drug-likeness (QED) is 0.200. The van der Waals surface area contributed by atoms with Crippen LogP contribution in [0.5, 0.6) is 5.75 Å². The molecule has 0 bridgehead atoms. The van der Waals surface area contributed by atoms with Gasteiger partial charge in [0.1, 0.15) is 12.4 Å². The summed E-state index contributed by atoms with van der Waals surface area (Å²) >= 11 is 0. The van der Waals surface area contributed by atoms with Crippen molar-refractivity contribution >= 4 is 28.6 Å². The zero-order valence-electron chi connectivity index (χ0n) is 23.2. The number of amides is 1. The number of pyridine rings is 1. The molecule has 1 aromatic heterocycles. The smallest absolute Gasteiger partial charge is 0.417 e. The maximum atomic E-state index is 13.7. The van der Waals surface area contributed by atoms with E-state index in [-0.39, 0.29) is 36.3 Å². The van der Waals surface area contributed by atoms with Crippen molar-refractivity contribution in [3.8, 4) is 5.75 Å². The second-order valence-corrected chi connectivity index (χ2v) is 10.5. The number of nitrogens with one attached hydrogen (secondary N) is 2. The summed E-state index contributed by atoms with van der Waals surface area (Å²) in [6.07, 6.45) is 0.973. The Morgan fingerprint density at radius 2 is 1.79 bits per heavy atom. The molecule has 43 heavy (non-hydrogen) atoms. The number of aromatic amines is 1. The molecule has 6 nitrogen and oxygen atoms in total. The van der Waals surface area contributed by atoms with Crippen molar-refractivity contribution in [2.75, 3.05) is 11.4 Å². The fraction of sp³-hybridized carbons (Fsp3) is 0.294. The Bertz CT molecular complexity index is 1620. The molecule has 2 heterocycles. The minimum atomic E-state index is -4.64. The Morgan fingerprint density at radius 3 is 2.51 bits per heavy atom. The second-order valence-electron chi connectivity index (χ2n) is 10.5. The lowest BCUT2D eigenvalue weighted by Gasteiger charge is -2.31. The predicted molar refractivity (Wildman–Crippen MR) is 165 cm³/mol. The van der Waals surface area contributed by atoms with Crippen molar-refractivity contribution in [3.63, 3.8) is 0 Å². The normalized spacial score (nSPS) is 16.8. The van der Waals surface area contributed by atoms with Gasteiger partial charge in [-0.25, -0.2) is 0 Å². The molecular weight excluding hydrogens is 555 g/mol. The van der Waals surface area contributed by atoms with Crippen LogP contribution in [0, 0.1) is 0 Å². The molecule has 0 unspecified atom stereocenters. The van der Waals surface area contributed by atoms with Crippen LogP contribution in [-0.4, -0.2) is 29.5 Å². The number of H-pyrrole nitrogens is 1. The van der Waals surface area contributed by atoms with Gasteiger partial charge >= 0.3 is 6.18 Å². The third-order valence-corrected chi connectivity index (χ3v) is 7.55. The van der Waals surface area contributed by atoms with E-state index in [0.29, 0.717) is 31.3 Å². The van der Waals surface area contributed by atoms with Crippen LogP contribution < -0.4 is 20.5 Å². The average Bonchev–Trinajstić information content (AvgIpc) is 3.34. The standard InChI is InChI=1S/C33H32F3N3O3.CH4/c1-22-7-11-25(39(22)26-12-15-30-28(19-26)29(33(34,35)36)20-32(41)38-30)17-18-37-31(40)16-10-23-8-13-27(14-9-23)42-21-24-5-3-2-4-6-24;/h2-6,8-10,12-16,19-20,22,25H,7,11,17-18,21H2,1H3,(H,37,40)(H,38,41);1H4/b16-10+;/t22-,25-;/m1./s1. The molecule has 1 amide bonds.